The summed E-state index contributed by atoms with van der Waals surface area (Å²) in [5, 5.41) is 3.02. The first-order valence-electron chi connectivity index (χ1n) is 10.0. The number of carbonyl (C=O) groups is 2. The molecule has 0 saturated carbocycles. The first kappa shape index (κ1) is 21.1. The molecule has 2 aromatic rings. The van der Waals surface area contributed by atoms with Gasteiger partial charge in [-0.25, -0.2) is 0 Å². The molecule has 2 amide bonds. The van der Waals surface area contributed by atoms with Crippen molar-refractivity contribution in [2.45, 2.75) is 44.1 Å². The van der Waals surface area contributed by atoms with Crippen molar-refractivity contribution < 1.29 is 14.3 Å². The van der Waals surface area contributed by atoms with Gasteiger partial charge in [0, 0.05) is 26.3 Å². The van der Waals surface area contributed by atoms with E-state index in [1.165, 1.54) is 0 Å². The number of nitrogens with one attached hydrogen (secondary N) is 1. The van der Waals surface area contributed by atoms with E-state index < -0.39 is 11.0 Å². The van der Waals surface area contributed by atoms with Crippen molar-refractivity contribution in [2.75, 3.05) is 25.7 Å². The van der Waals surface area contributed by atoms with Crippen molar-refractivity contribution in [3.8, 4) is 0 Å². The van der Waals surface area contributed by atoms with Gasteiger partial charge in [0.1, 0.15) is 0 Å². The number of anilines is 1. The van der Waals surface area contributed by atoms with Crippen LogP contribution in [0.4, 0.5) is 5.69 Å². The second-order valence-corrected chi connectivity index (χ2v) is 8.49. The lowest BCUT2D eigenvalue weighted by Crippen LogP contribution is -2.48. The minimum absolute atomic E-state index is 0.0477. The Morgan fingerprint density at radius 2 is 1.76 bits per heavy atom. The molecule has 0 radical (unpaired) electrons. The van der Waals surface area contributed by atoms with Crippen LogP contribution in [0.3, 0.4) is 0 Å². The third-order valence-corrected chi connectivity index (χ3v) is 5.61. The predicted octanol–water partition coefficient (Wildman–Crippen LogP) is 3.46. The lowest BCUT2D eigenvalue weighted by molar-refractivity contribution is -0.125. The third-order valence-electron chi connectivity index (χ3n) is 5.61. The highest BCUT2D eigenvalue weighted by Gasteiger charge is 2.49. The van der Waals surface area contributed by atoms with Crippen molar-refractivity contribution in [3.63, 3.8) is 0 Å². The van der Waals surface area contributed by atoms with Crippen LogP contribution in [0.15, 0.2) is 54.6 Å². The van der Waals surface area contributed by atoms with Crippen LogP contribution in [0.5, 0.6) is 0 Å². The third kappa shape index (κ3) is 4.35. The van der Waals surface area contributed by atoms with E-state index in [1.807, 2.05) is 75.5 Å². The molecule has 5 heteroatoms. The average Bonchev–Trinajstić information content (AvgIpc) is 2.89. The largest absolute Gasteiger partial charge is 0.382 e. The SMILES string of the molecule is COCC(C)(C)NC(=O)CCC1(Cc2ccccc2)C(=O)N(C)c2ccccc21. The van der Waals surface area contributed by atoms with E-state index in [2.05, 4.69) is 5.32 Å². The number of hydrogen-bond acceptors (Lipinski definition) is 3. The second kappa shape index (κ2) is 8.37. The normalized spacial score (nSPS) is 18.6. The Bertz CT molecular complexity index is 879. The van der Waals surface area contributed by atoms with E-state index in [0.29, 0.717) is 19.4 Å². The van der Waals surface area contributed by atoms with E-state index >= 15 is 0 Å². The molecule has 1 unspecified atom stereocenters. The molecular weight excluding hydrogens is 364 g/mol. The number of methoxy groups -OCH3 is 1. The van der Waals surface area contributed by atoms with Gasteiger partial charge in [0.25, 0.3) is 0 Å². The molecule has 0 aliphatic carbocycles. The van der Waals surface area contributed by atoms with Crippen LogP contribution in [0, 0.1) is 0 Å². The number of fused-ring (bicyclic) bond motifs is 1. The Kier molecular flexibility index (Phi) is 6.08. The summed E-state index contributed by atoms with van der Waals surface area (Å²) < 4.78 is 5.19. The monoisotopic (exact) mass is 394 g/mol. The number of ether oxygens (including phenoxy) is 1. The van der Waals surface area contributed by atoms with Crippen LogP contribution in [0.1, 0.15) is 37.8 Å². The summed E-state index contributed by atoms with van der Waals surface area (Å²) in [6.07, 6.45) is 1.30. The molecule has 2 aromatic carbocycles. The van der Waals surface area contributed by atoms with Crippen molar-refractivity contribution in [3.05, 3.63) is 65.7 Å². The maximum atomic E-state index is 13.5. The molecule has 1 aliphatic rings. The van der Waals surface area contributed by atoms with Crippen LogP contribution < -0.4 is 10.2 Å². The van der Waals surface area contributed by atoms with Crippen LogP contribution in [0.25, 0.3) is 0 Å². The van der Waals surface area contributed by atoms with Gasteiger partial charge in [0.15, 0.2) is 0 Å². The quantitative estimate of drug-likeness (QED) is 0.746. The summed E-state index contributed by atoms with van der Waals surface area (Å²) in [5.41, 5.74) is 1.82. The van der Waals surface area contributed by atoms with Crippen LogP contribution in [0.2, 0.25) is 0 Å². The Morgan fingerprint density at radius 1 is 1.10 bits per heavy atom. The summed E-state index contributed by atoms with van der Waals surface area (Å²) >= 11 is 0. The number of likely N-dealkylation sites (N-methyl/N-ethyl adjacent to an activating group) is 1. The molecule has 0 saturated heterocycles. The minimum Gasteiger partial charge on any atom is -0.382 e. The maximum Gasteiger partial charge on any atom is 0.237 e. The first-order chi connectivity index (χ1) is 13.8. The molecule has 1 aliphatic heterocycles. The molecule has 0 aromatic heterocycles. The highest BCUT2D eigenvalue weighted by Crippen LogP contribution is 2.46. The van der Waals surface area contributed by atoms with E-state index in [9.17, 15) is 9.59 Å². The number of benzene rings is 2. The van der Waals surface area contributed by atoms with Crippen LogP contribution >= 0.6 is 0 Å². The van der Waals surface area contributed by atoms with Crippen LogP contribution in [-0.2, 0) is 26.2 Å². The van der Waals surface area contributed by atoms with Gasteiger partial charge in [-0.15, -0.1) is 0 Å². The molecule has 154 valence electrons. The highest BCUT2D eigenvalue weighted by molar-refractivity contribution is 6.08. The van der Waals surface area contributed by atoms with E-state index in [0.717, 1.165) is 16.8 Å². The topological polar surface area (TPSA) is 58.6 Å². The van der Waals surface area contributed by atoms with Crippen molar-refractivity contribution in [1.29, 1.82) is 0 Å². The summed E-state index contributed by atoms with van der Waals surface area (Å²) in [5.74, 6) is -0.0224. The summed E-state index contributed by atoms with van der Waals surface area (Å²) in [6, 6.07) is 17.9. The van der Waals surface area contributed by atoms with E-state index in [1.54, 1.807) is 12.0 Å². The van der Waals surface area contributed by atoms with Gasteiger partial charge in [-0.1, -0.05) is 48.5 Å². The predicted molar refractivity (Wildman–Crippen MR) is 115 cm³/mol. The minimum atomic E-state index is -0.741. The van der Waals surface area contributed by atoms with Gasteiger partial charge in [-0.3, -0.25) is 9.59 Å². The molecule has 1 atom stereocenters. The zero-order chi connectivity index (χ0) is 21.1. The van der Waals surface area contributed by atoms with E-state index in [-0.39, 0.29) is 18.2 Å². The average molecular weight is 395 g/mol. The molecule has 29 heavy (non-hydrogen) atoms. The summed E-state index contributed by atoms with van der Waals surface area (Å²) in [6.45, 7) is 4.29. The van der Waals surface area contributed by atoms with Crippen molar-refractivity contribution >= 4 is 17.5 Å². The Balaban J connectivity index is 1.89. The Hall–Kier alpha value is -2.66. The molecule has 0 spiro atoms. The highest BCUT2D eigenvalue weighted by atomic mass is 16.5. The number of amides is 2. The van der Waals surface area contributed by atoms with Gasteiger partial charge in [0.05, 0.1) is 17.6 Å². The zero-order valence-corrected chi connectivity index (χ0v) is 17.7. The zero-order valence-electron chi connectivity index (χ0n) is 17.7. The van der Waals surface area contributed by atoms with Gasteiger partial charge in [-0.05, 0) is 43.9 Å². The second-order valence-electron chi connectivity index (χ2n) is 8.49. The van der Waals surface area contributed by atoms with Gasteiger partial charge < -0.3 is 15.0 Å². The Labute approximate surface area is 173 Å². The van der Waals surface area contributed by atoms with Crippen LogP contribution in [-0.4, -0.2) is 38.1 Å². The number of rotatable bonds is 8. The fourth-order valence-electron chi connectivity index (χ4n) is 4.33. The lowest BCUT2D eigenvalue weighted by Gasteiger charge is -2.30. The van der Waals surface area contributed by atoms with E-state index in [4.69, 9.17) is 4.74 Å². The smallest absolute Gasteiger partial charge is 0.237 e. The first-order valence-corrected chi connectivity index (χ1v) is 10.0. The number of nitrogens with zero attached hydrogens (tertiary/aromatic N) is 1. The summed E-state index contributed by atoms with van der Waals surface area (Å²) in [7, 11) is 3.43. The number of hydrogen-bond donors (Lipinski definition) is 1. The molecule has 1 N–H and O–H groups in total. The van der Waals surface area contributed by atoms with Gasteiger partial charge in [-0.2, -0.15) is 0 Å². The molecule has 3 rings (SSSR count). The van der Waals surface area contributed by atoms with Gasteiger partial charge >= 0.3 is 0 Å². The number of carbonyl (C=O) groups excluding carboxylic acids is 2. The van der Waals surface area contributed by atoms with Crippen molar-refractivity contribution in [2.24, 2.45) is 0 Å². The number of para-hydroxylation sites is 1. The molecule has 5 nitrogen and oxygen atoms in total. The van der Waals surface area contributed by atoms with Gasteiger partial charge in [0.2, 0.25) is 11.8 Å². The Morgan fingerprint density at radius 3 is 2.45 bits per heavy atom. The fourth-order valence-corrected chi connectivity index (χ4v) is 4.33. The summed E-state index contributed by atoms with van der Waals surface area (Å²) in [4.78, 5) is 27.9. The standard InChI is InChI=1S/C24H30N2O3/c1-23(2,17-29-4)25-21(27)14-15-24(16-18-10-6-5-7-11-18)19-12-8-9-13-20(19)26(3)22(24)28/h5-13H,14-17H2,1-4H3,(H,25,27). The molecular formula is C24H30N2O3. The molecule has 1 heterocycles. The maximum absolute atomic E-state index is 13.5. The fraction of sp³-hybridized carbons (Fsp3) is 0.417. The molecule has 0 bridgehead atoms. The van der Waals surface area contributed by atoms with Crippen molar-refractivity contribution in [1.82, 2.24) is 5.32 Å². The molecule has 0 fully saturated rings. The lowest BCUT2D eigenvalue weighted by atomic mass is 9.73.